The Morgan fingerprint density at radius 3 is 2.92 bits per heavy atom. The Labute approximate surface area is 95.2 Å². The van der Waals surface area contributed by atoms with Crippen molar-refractivity contribution in [2.24, 2.45) is 0 Å². The van der Waals surface area contributed by atoms with E-state index in [0.29, 0.717) is 0 Å². The van der Waals surface area contributed by atoms with E-state index in [4.69, 9.17) is 11.6 Å². The molecule has 0 bridgehead atoms. The molecule has 2 rings (SSSR count). The third-order valence-electron chi connectivity index (χ3n) is 1.83. The Balaban J connectivity index is 1.85. The molecule has 70 valence electrons. The lowest BCUT2D eigenvalue weighted by atomic mass is 10.2. The molecular formula is C9H9ClS3. The lowest BCUT2D eigenvalue weighted by Gasteiger charge is -1.97. The zero-order valence-corrected chi connectivity index (χ0v) is 10.2. The van der Waals surface area contributed by atoms with Crippen LogP contribution in [0.25, 0.3) is 0 Å². The zero-order valence-electron chi connectivity index (χ0n) is 6.96. The number of halogens is 1. The van der Waals surface area contributed by atoms with Gasteiger partial charge in [0.05, 0.1) is 4.34 Å². The highest BCUT2D eigenvalue weighted by molar-refractivity contribution is 8.78. The quantitative estimate of drug-likeness (QED) is 0.717. The number of aryl methyl sites for hydroxylation is 1. The third kappa shape index (κ3) is 2.94. The van der Waals surface area contributed by atoms with Gasteiger partial charge in [-0.3, -0.25) is 0 Å². The summed E-state index contributed by atoms with van der Waals surface area (Å²) < 4.78 is 0.900. The minimum absolute atomic E-state index is 0.900. The molecule has 0 amide bonds. The van der Waals surface area contributed by atoms with E-state index in [2.05, 4.69) is 17.5 Å². The van der Waals surface area contributed by atoms with Gasteiger partial charge in [0.1, 0.15) is 0 Å². The summed E-state index contributed by atoms with van der Waals surface area (Å²) in [7, 11) is 3.84. The fraction of sp³-hybridized carbons (Fsp3) is 0.333. The standard InChI is InChI=1S/C9H9ClS3/c10-9-5-7(6-11-9)1-2-8-3-4-12-13-8/h3,5-6H,1-2,4H2. The van der Waals surface area contributed by atoms with E-state index in [1.165, 1.54) is 22.6 Å². The van der Waals surface area contributed by atoms with Gasteiger partial charge in [-0.1, -0.05) is 39.3 Å². The molecule has 0 fully saturated rings. The molecule has 4 heteroatoms. The molecule has 2 heterocycles. The zero-order chi connectivity index (χ0) is 9.10. The minimum atomic E-state index is 0.900. The van der Waals surface area contributed by atoms with Crippen LogP contribution in [0, 0.1) is 0 Å². The third-order valence-corrected chi connectivity index (χ3v) is 5.38. The van der Waals surface area contributed by atoms with Crippen molar-refractivity contribution in [3.63, 3.8) is 0 Å². The number of allylic oxidation sites excluding steroid dienone is 1. The summed E-state index contributed by atoms with van der Waals surface area (Å²) in [4.78, 5) is 1.52. The molecule has 1 aromatic rings. The maximum absolute atomic E-state index is 5.85. The Morgan fingerprint density at radius 2 is 2.31 bits per heavy atom. The van der Waals surface area contributed by atoms with Crippen LogP contribution in [-0.4, -0.2) is 5.75 Å². The summed E-state index contributed by atoms with van der Waals surface area (Å²) in [5.74, 6) is 1.17. The predicted octanol–water partition coefficient (Wildman–Crippen LogP) is 4.61. The monoisotopic (exact) mass is 248 g/mol. The van der Waals surface area contributed by atoms with Crippen molar-refractivity contribution in [3.05, 3.63) is 32.3 Å². The molecule has 0 unspecified atom stereocenters. The highest BCUT2D eigenvalue weighted by atomic mass is 35.5. The maximum Gasteiger partial charge on any atom is 0.0931 e. The Hall–Kier alpha value is 0.430. The molecule has 0 nitrogen and oxygen atoms in total. The van der Waals surface area contributed by atoms with Gasteiger partial charge in [-0.15, -0.1) is 11.3 Å². The smallest absolute Gasteiger partial charge is 0.0931 e. The Morgan fingerprint density at radius 1 is 1.38 bits per heavy atom. The van der Waals surface area contributed by atoms with E-state index in [0.717, 1.165) is 10.8 Å². The van der Waals surface area contributed by atoms with Crippen LogP contribution in [0.4, 0.5) is 0 Å². The largest absolute Gasteiger partial charge is 0.132 e. The number of hydrogen-bond acceptors (Lipinski definition) is 3. The second-order valence-corrected chi connectivity index (χ2v) is 6.81. The molecule has 0 saturated heterocycles. The van der Waals surface area contributed by atoms with Crippen LogP contribution in [0.3, 0.4) is 0 Å². The van der Waals surface area contributed by atoms with Gasteiger partial charge in [-0.05, 0) is 34.8 Å². The predicted molar refractivity (Wildman–Crippen MR) is 65.8 cm³/mol. The van der Waals surface area contributed by atoms with Crippen LogP contribution in [-0.2, 0) is 6.42 Å². The van der Waals surface area contributed by atoms with Crippen LogP contribution >= 0.6 is 44.5 Å². The van der Waals surface area contributed by atoms with Crippen molar-refractivity contribution in [2.75, 3.05) is 5.75 Å². The van der Waals surface area contributed by atoms with E-state index < -0.39 is 0 Å². The first-order valence-electron chi connectivity index (χ1n) is 4.06. The highest BCUT2D eigenvalue weighted by Gasteiger charge is 2.06. The molecule has 0 saturated carbocycles. The van der Waals surface area contributed by atoms with Crippen molar-refractivity contribution in [1.29, 1.82) is 0 Å². The average molecular weight is 249 g/mol. The molecular weight excluding hydrogens is 240 g/mol. The van der Waals surface area contributed by atoms with Gasteiger partial charge in [0.15, 0.2) is 0 Å². The van der Waals surface area contributed by atoms with Gasteiger partial charge in [-0.2, -0.15) is 0 Å². The SMILES string of the molecule is Clc1cc(CCC2=CCSS2)cs1. The first-order valence-corrected chi connectivity index (χ1v) is 7.63. The minimum Gasteiger partial charge on any atom is -0.132 e. The molecule has 0 N–H and O–H groups in total. The molecule has 1 aromatic heterocycles. The van der Waals surface area contributed by atoms with Crippen LogP contribution in [0.5, 0.6) is 0 Å². The number of rotatable bonds is 3. The van der Waals surface area contributed by atoms with E-state index in [1.807, 2.05) is 21.6 Å². The first kappa shape index (κ1) is 9.97. The number of hydrogen-bond donors (Lipinski definition) is 0. The molecule has 0 radical (unpaired) electrons. The molecule has 0 aliphatic carbocycles. The maximum atomic E-state index is 5.85. The van der Waals surface area contributed by atoms with Gasteiger partial charge >= 0.3 is 0 Å². The molecule has 0 aromatic carbocycles. The van der Waals surface area contributed by atoms with Crippen LogP contribution in [0.2, 0.25) is 4.34 Å². The second kappa shape index (κ2) is 4.78. The van der Waals surface area contributed by atoms with Crippen LogP contribution in [0.1, 0.15) is 12.0 Å². The summed E-state index contributed by atoms with van der Waals surface area (Å²) in [5, 5.41) is 2.15. The fourth-order valence-electron chi connectivity index (χ4n) is 1.16. The van der Waals surface area contributed by atoms with Crippen molar-refractivity contribution in [1.82, 2.24) is 0 Å². The summed E-state index contributed by atoms with van der Waals surface area (Å²) in [5.41, 5.74) is 1.37. The average Bonchev–Trinajstić information content (AvgIpc) is 2.71. The molecule has 13 heavy (non-hydrogen) atoms. The van der Waals surface area contributed by atoms with Crippen molar-refractivity contribution >= 4 is 44.5 Å². The van der Waals surface area contributed by atoms with Crippen molar-refractivity contribution in [3.8, 4) is 0 Å². The van der Waals surface area contributed by atoms with Gasteiger partial charge in [0, 0.05) is 5.75 Å². The van der Waals surface area contributed by atoms with E-state index in [-0.39, 0.29) is 0 Å². The summed E-state index contributed by atoms with van der Waals surface area (Å²) >= 11 is 7.47. The molecule has 1 aliphatic rings. The van der Waals surface area contributed by atoms with E-state index in [9.17, 15) is 0 Å². The topological polar surface area (TPSA) is 0 Å². The van der Waals surface area contributed by atoms with Crippen LogP contribution in [0.15, 0.2) is 22.4 Å². The highest BCUT2D eigenvalue weighted by Crippen LogP contribution is 2.39. The lowest BCUT2D eigenvalue weighted by Crippen LogP contribution is -1.81. The van der Waals surface area contributed by atoms with Gasteiger partial charge < -0.3 is 0 Å². The Kier molecular flexibility index (Phi) is 3.66. The summed E-state index contributed by atoms with van der Waals surface area (Å²) in [6.07, 6.45) is 4.62. The van der Waals surface area contributed by atoms with Crippen molar-refractivity contribution < 1.29 is 0 Å². The fourth-order valence-corrected chi connectivity index (χ4v) is 4.35. The Bertz CT molecular complexity index is 316. The normalized spacial score (nSPS) is 16.2. The van der Waals surface area contributed by atoms with Gasteiger partial charge in [0.25, 0.3) is 0 Å². The second-order valence-electron chi connectivity index (χ2n) is 2.80. The van der Waals surface area contributed by atoms with E-state index >= 15 is 0 Å². The van der Waals surface area contributed by atoms with Gasteiger partial charge in [-0.25, -0.2) is 0 Å². The lowest BCUT2D eigenvalue weighted by molar-refractivity contribution is 0.996. The molecule has 0 spiro atoms. The molecule has 0 atom stereocenters. The summed E-state index contributed by atoms with van der Waals surface area (Å²) in [6.45, 7) is 0. The first-order chi connectivity index (χ1) is 6.34. The van der Waals surface area contributed by atoms with Crippen LogP contribution < -0.4 is 0 Å². The van der Waals surface area contributed by atoms with Gasteiger partial charge in [0.2, 0.25) is 0 Å². The number of thiophene rings is 1. The van der Waals surface area contributed by atoms with Crippen molar-refractivity contribution in [2.45, 2.75) is 12.8 Å². The molecule has 1 aliphatic heterocycles. The van der Waals surface area contributed by atoms with E-state index in [1.54, 1.807) is 11.3 Å². The summed E-state index contributed by atoms with van der Waals surface area (Å²) in [6, 6.07) is 2.07.